The van der Waals surface area contributed by atoms with Gasteiger partial charge in [0.25, 0.3) is 0 Å². The van der Waals surface area contributed by atoms with Crippen LogP contribution in [0.3, 0.4) is 0 Å². The molecule has 0 aliphatic heterocycles. The van der Waals surface area contributed by atoms with Gasteiger partial charge in [0.05, 0.1) is 0 Å². The first-order valence-electron chi connectivity index (χ1n) is 8.84. The Hall–Kier alpha value is -3.40. The van der Waals surface area contributed by atoms with Crippen LogP contribution in [-0.2, 0) is 6.42 Å². The quantitative estimate of drug-likeness (QED) is 0.602. The average molecular weight is 358 g/mol. The van der Waals surface area contributed by atoms with Gasteiger partial charge in [0.15, 0.2) is 5.78 Å². The van der Waals surface area contributed by atoms with E-state index in [2.05, 4.69) is 10.6 Å². The van der Waals surface area contributed by atoms with Gasteiger partial charge < -0.3 is 10.6 Å². The van der Waals surface area contributed by atoms with E-state index in [1.54, 1.807) is 12.1 Å². The largest absolute Gasteiger partial charge is 0.323 e. The molecule has 3 rings (SSSR count). The Morgan fingerprint density at radius 1 is 0.778 bits per heavy atom. The van der Waals surface area contributed by atoms with Crippen LogP contribution in [0.1, 0.15) is 27.0 Å². The van der Waals surface area contributed by atoms with Crippen molar-refractivity contribution >= 4 is 23.2 Å². The molecule has 2 amide bonds. The van der Waals surface area contributed by atoms with E-state index in [-0.39, 0.29) is 11.8 Å². The lowest BCUT2D eigenvalue weighted by Crippen LogP contribution is -2.19. The molecule has 0 radical (unpaired) electrons. The molecule has 0 aliphatic carbocycles. The molecule has 0 saturated carbocycles. The van der Waals surface area contributed by atoms with E-state index in [0.29, 0.717) is 12.1 Å². The fourth-order valence-corrected chi connectivity index (χ4v) is 2.93. The van der Waals surface area contributed by atoms with Crippen molar-refractivity contribution in [2.75, 3.05) is 10.6 Å². The monoisotopic (exact) mass is 358 g/mol. The van der Waals surface area contributed by atoms with Crippen molar-refractivity contribution in [2.45, 2.75) is 20.3 Å². The summed E-state index contributed by atoms with van der Waals surface area (Å²) in [4.78, 5) is 24.6. The summed E-state index contributed by atoms with van der Waals surface area (Å²) in [6.07, 6.45) is 0.334. The minimum Gasteiger partial charge on any atom is -0.308 e. The minimum atomic E-state index is -0.305. The van der Waals surface area contributed by atoms with Crippen molar-refractivity contribution in [2.24, 2.45) is 0 Å². The number of carbonyl (C=O) groups excluding carboxylic acids is 2. The molecule has 0 aromatic heterocycles. The topological polar surface area (TPSA) is 58.2 Å². The Morgan fingerprint density at radius 3 is 2.04 bits per heavy atom. The summed E-state index contributed by atoms with van der Waals surface area (Å²) in [7, 11) is 0. The smallest absolute Gasteiger partial charge is 0.308 e. The number of urea groups is 1. The van der Waals surface area contributed by atoms with Gasteiger partial charge in [-0.15, -0.1) is 0 Å². The molecule has 2 N–H and O–H groups in total. The van der Waals surface area contributed by atoms with Crippen LogP contribution in [0.2, 0.25) is 0 Å². The number of hydrogen-bond acceptors (Lipinski definition) is 2. The summed E-state index contributed by atoms with van der Waals surface area (Å²) >= 11 is 0. The van der Waals surface area contributed by atoms with Crippen molar-refractivity contribution < 1.29 is 9.59 Å². The number of hydrogen-bond donors (Lipinski definition) is 2. The predicted molar refractivity (Wildman–Crippen MR) is 109 cm³/mol. The molecule has 0 unspecified atom stereocenters. The molecular formula is C23H22N2O2. The number of aryl methyl sites for hydroxylation is 2. The zero-order valence-corrected chi connectivity index (χ0v) is 15.5. The fourth-order valence-electron chi connectivity index (χ4n) is 2.93. The first kappa shape index (κ1) is 18.4. The number of anilines is 2. The van der Waals surface area contributed by atoms with Gasteiger partial charge in [0.1, 0.15) is 0 Å². The van der Waals surface area contributed by atoms with Crippen LogP contribution in [0.15, 0.2) is 72.8 Å². The maximum Gasteiger partial charge on any atom is 0.323 e. The SMILES string of the molecule is Cc1ccc(C(=O)Cc2ccc(NC(=O)Nc3ccccc3)cc2)c(C)c1. The van der Waals surface area contributed by atoms with Crippen LogP contribution in [0.5, 0.6) is 0 Å². The van der Waals surface area contributed by atoms with Gasteiger partial charge >= 0.3 is 6.03 Å². The van der Waals surface area contributed by atoms with E-state index < -0.39 is 0 Å². The molecule has 4 nitrogen and oxygen atoms in total. The van der Waals surface area contributed by atoms with E-state index in [0.717, 1.165) is 27.9 Å². The van der Waals surface area contributed by atoms with E-state index in [1.165, 1.54) is 0 Å². The maximum absolute atomic E-state index is 12.5. The molecule has 3 aromatic rings. The molecule has 0 fully saturated rings. The standard InChI is InChI=1S/C23H22N2O2/c1-16-8-13-21(17(2)14-16)22(26)15-18-9-11-20(12-10-18)25-23(27)24-19-6-4-3-5-7-19/h3-14H,15H2,1-2H3,(H2,24,25,27). The van der Waals surface area contributed by atoms with Crippen LogP contribution in [0, 0.1) is 13.8 Å². The van der Waals surface area contributed by atoms with E-state index >= 15 is 0 Å². The van der Waals surface area contributed by atoms with Gasteiger partial charge in [-0.2, -0.15) is 0 Å². The molecular weight excluding hydrogens is 336 g/mol. The summed E-state index contributed by atoms with van der Waals surface area (Å²) in [6, 6.07) is 22.1. The summed E-state index contributed by atoms with van der Waals surface area (Å²) in [5.74, 6) is 0.0926. The molecule has 0 aliphatic rings. The number of amides is 2. The fraction of sp³-hybridized carbons (Fsp3) is 0.130. The summed E-state index contributed by atoms with van der Waals surface area (Å²) < 4.78 is 0. The average Bonchev–Trinajstić information content (AvgIpc) is 2.64. The lowest BCUT2D eigenvalue weighted by Gasteiger charge is -2.09. The number of rotatable bonds is 5. The third kappa shape index (κ3) is 5.05. The Kier molecular flexibility index (Phi) is 5.67. The number of carbonyl (C=O) groups is 2. The lowest BCUT2D eigenvalue weighted by atomic mass is 9.98. The Bertz CT molecular complexity index is 948. The van der Waals surface area contributed by atoms with Crippen LogP contribution >= 0.6 is 0 Å². The third-order valence-electron chi connectivity index (χ3n) is 4.29. The van der Waals surface area contributed by atoms with Crippen molar-refractivity contribution in [3.05, 3.63) is 95.1 Å². The number of Topliss-reactive ketones (excluding diaryl/α,β-unsaturated/α-hetero) is 1. The van der Waals surface area contributed by atoms with Crippen LogP contribution in [0.4, 0.5) is 16.2 Å². The molecule has 0 saturated heterocycles. The molecule has 0 spiro atoms. The second-order valence-electron chi connectivity index (χ2n) is 6.56. The van der Waals surface area contributed by atoms with Crippen molar-refractivity contribution in [1.29, 1.82) is 0 Å². The second-order valence-corrected chi connectivity index (χ2v) is 6.56. The number of para-hydroxylation sites is 1. The molecule has 0 atom stereocenters. The number of benzene rings is 3. The van der Waals surface area contributed by atoms with Crippen LogP contribution in [-0.4, -0.2) is 11.8 Å². The Morgan fingerprint density at radius 2 is 1.41 bits per heavy atom. The third-order valence-corrected chi connectivity index (χ3v) is 4.29. The first-order chi connectivity index (χ1) is 13.0. The van der Waals surface area contributed by atoms with Crippen molar-refractivity contribution in [1.82, 2.24) is 0 Å². The zero-order chi connectivity index (χ0) is 19.2. The number of ketones is 1. The maximum atomic E-state index is 12.5. The normalized spacial score (nSPS) is 10.3. The van der Waals surface area contributed by atoms with Crippen LogP contribution < -0.4 is 10.6 Å². The summed E-state index contributed by atoms with van der Waals surface area (Å²) in [5.41, 5.74) is 5.21. The van der Waals surface area contributed by atoms with Crippen molar-refractivity contribution in [3.8, 4) is 0 Å². The Labute approximate surface area is 159 Å². The molecule has 0 heterocycles. The molecule has 3 aromatic carbocycles. The van der Waals surface area contributed by atoms with E-state index in [9.17, 15) is 9.59 Å². The van der Waals surface area contributed by atoms with E-state index in [4.69, 9.17) is 0 Å². The highest BCUT2D eigenvalue weighted by molar-refractivity contribution is 6.00. The van der Waals surface area contributed by atoms with Gasteiger partial charge in [0.2, 0.25) is 0 Å². The first-order valence-corrected chi connectivity index (χ1v) is 8.84. The second kappa shape index (κ2) is 8.32. The highest BCUT2D eigenvalue weighted by Gasteiger charge is 2.10. The number of nitrogens with one attached hydrogen (secondary N) is 2. The molecule has 0 bridgehead atoms. The van der Waals surface area contributed by atoms with Gasteiger partial charge in [0, 0.05) is 23.4 Å². The highest BCUT2D eigenvalue weighted by atomic mass is 16.2. The molecule has 27 heavy (non-hydrogen) atoms. The summed E-state index contributed by atoms with van der Waals surface area (Å²) in [5, 5.41) is 5.55. The lowest BCUT2D eigenvalue weighted by molar-refractivity contribution is 0.0992. The van der Waals surface area contributed by atoms with Gasteiger partial charge in [-0.1, -0.05) is 54.1 Å². The minimum absolute atomic E-state index is 0.0926. The Balaban J connectivity index is 1.60. The molecule has 4 heteroatoms. The van der Waals surface area contributed by atoms with Crippen LogP contribution in [0.25, 0.3) is 0 Å². The predicted octanol–water partition coefficient (Wildman–Crippen LogP) is 5.37. The van der Waals surface area contributed by atoms with Gasteiger partial charge in [-0.3, -0.25) is 4.79 Å². The molecule has 136 valence electrons. The van der Waals surface area contributed by atoms with E-state index in [1.807, 2.05) is 74.5 Å². The van der Waals surface area contributed by atoms with Gasteiger partial charge in [-0.25, -0.2) is 4.79 Å². The highest BCUT2D eigenvalue weighted by Crippen LogP contribution is 2.16. The van der Waals surface area contributed by atoms with Crippen molar-refractivity contribution in [3.63, 3.8) is 0 Å². The van der Waals surface area contributed by atoms with Gasteiger partial charge in [-0.05, 0) is 49.2 Å². The zero-order valence-electron chi connectivity index (χ0n) is 15.5. The summed E-state index contributed by atoms with van der Waals surface area (Å²) in [6.45, 7) is 3.97.